The van der Waals surface area contributed by atoms with E-state index in [1.165, 1.54) is 6.07 Å². The SMILES string of the molecule is O=C(O)c1cccc(C2(CO)COC2)c1. The normalized spacial score (nSPS) is 18.2. The fraction of sp³-hybridized carbons (Fsp3) is 0.364. The van der Waals surface area contributed by atoms with Gasteiger partial charge in [-0.3, -0.25) is 0 Å². The first-order chi connectivity index (χ1) is 7.18. The molecule has 1 aromatic carbocycles. The minimum absolute atomic E-state index is 0.0178. The Kier molecular flexibility index (Phi) is 2.46. The molecule has 0 amide bonds. The summed E-state index contributed by atoms with van der Waals surface area (Å²) in [4.78, 5) is 10.8. The van der Waals surface area contributed by atoms with Gasteiger partial charge in [0.05, 0.1) is 30.8 Å². The Morgan fingerprint density at radius 2 is 2.20 bits per heavy atom. The minimum atomic E-state index is -0.954. The average Bonchev–Trinajstić information content (AvgIpc) is 2.17. The molecule has 4 nitrogen and oxygen atoms in total. The van der Waals surface area contributed by atoms with E-state index in [0.717, 1.165) is 5.56 Å². The maximum absolute atomic E-state index is 10.8. The lowest BCUT2D eigenvalue weighted by Crippen LogP contribution is -2.49. The fourth-order valence-corrected chi connectivity index (χ4v) is 1.68. The summed E-state index contributed by atoms with van der Waals surface area (Å²) in [6, 6.07) is 6.65. The molecule has 2 rings (SSSR count). The van der Waals surface area contributed by atoms with Gasteiger partial charge in [0.1, 0.15) is 0 Å². The number of hydrogen-bond acceptors (Lipinski definition) is 3. The van der Waals surface area contributed by atoms with Crippen molar-refractivity contribution in [3.63, 3.8) is 0 Å². The van der Waals surface area contributed by atoms with E-state index in [4.69, 9.17) is 9.84 Å². The summed E-state index contributed by atoms with van der Waals surface area (Å²) in [7, 11) is 0. The smallest absolute Gasteiger partial charge is 0.335 e. The number of carbonyl (C=O) groups is 1. The van der Waals surface area contributed by atoms with Crippen molar-refractivity contribution in [2.45, 2.75) is 5.41 Å². The quantitative estimate of drug-likeness (QED) is 0.765. The predicted octanol–water partition coefficient (Wildman–Crippen LogP) is 0.645. The number of ether oxygens (including phenoxy) is 1. The lowest BCUT2D eigenvalue weighted by molar-refractivity contribution is -0.0841. The first-order valence-corrected chi connectivity index (χ1v) is 4.70. The maximum atomic E-state index is 10.8. The van der Waals surface area contributed by atoms with Gasteiger partial charge in [0, 0.05) is 0 Å². The van der Waals surface area contributed by atoms with E-state index in [2.05, 4.69) is 0 Å². The van der Waals surface area contributed by atoms with Crippen LogP contribution in [0.15, 0.2) is 24.3 Å². The molecule has 15 heavy (non-hydrogen) atoms. The monoisotopic (exact) mass is 208 g/mol. The van der Waals surface area contributed by atoms with Crippen LogP contribution in [0.5, 0.6) is 0 Å². The van der Waals surface area contributed by atoms with Gasteiger partial charge in [0.25, 0.3) is 0 Å². The van der Waals surface area contributed by atoms with Gasteiger partial charge < -0.3 is 14.9 Å². The second-order valence-corrected chi connectivity index (χ2v) is 3.82. The highest BCUT2D eigenvalue weighted by Gasteiger charge is 2.39. The number of aromatic carboxylic acids is 1. The summed E-state index contributed by atoms with van der Waals surface area (Å²) >= 11 is 0. The Bertz CT molecular complexity index is 376. The van der Waals surface area contributed by atoms with E-state index < -0.39 is 11.4 Å². The van der Waals surface area contributed by atoms with Crippen molar-refractivity contribution in [1.82, 2.24) is 0 Å². The van der Waals surface area contributed by atoms with Crippen LogP contribution in [0.4, 0.5) is 0 Å². The summed E-state index contributed by atoms with van der Waals surface area (Å²) in [5.41, 5.74) is 0.675. The number of aliphatic hydroxyl groups is 1. The van der Waals surface area contributed by atoms with E-state index in [9.17, 15) is 9.90 Å². The van der Waals surface area contributed by atoms with Gasteiger partial charge in [-0.25, -0.2) is 4.79 Å². The molecular weight excluding hydrogens is 196 g/mol. The van der Waals surface area contributed by atoms with Gasteiger partial charge >= 0.3 is 5.97 Å². The Hall–Kier alpha value is -1.39. The molecule has 0 unspecified atom stereocenters. The lowest BCUT2D eigenvalue weighted by Gasteiger charge is -2.40. The molecule has 0 bridgehead atoms. The predicted molar refractivity (Wildman–Crippen MR) is 53.0 cm³/mol. The fourth-order valence-electron chi connectivity index (χ4n) is 1.68. The summed E-state index contributed by atoms with van der Waals surface area (Å²) < 4.78 is 5.08. The van der Waals surface area contributed by atoms with Crippen molar-refractivity contribution >= 4 is 5.97 Å². The van der Waals surface area contributed by atoms with Crippen molar-refractivity contribution < 1.29 is 19.7 Å². The molecule has 1 heterocycles. The molecule has 0 aliphatic carbocycles. The molecule has 4 heteroatoms. The third-order valence-corrected chi connectivity index (χ3v) is 2.78. The second-order valence-electron chi connectivity index (χ2n) is 3.82. The molecule has 80 valence electrons. The first-order valence-electron chi connectivity index (χ1n) is 4.70. The number of aliphatic hydroxyl groups excluding tert-OH is 1. The van der Waals surface area contributed by atoms with Crippen molar-refractivity contribution in [2.24, 2.45) is 0 Å². The highest BCUT2D eigenvalue weighted by atomic mass is 16.5. The molecule has 0 aromatic heterocycles. The molecular formula is C11H12O4. The summed E-state index contributed by atoms with van der Waals surface area (Å²) in [5.74, 6) is -0.954. The highest BCUT2D eigenvalue weighted by molar-refractivity contribution is 5.87. The maximum Gasteiger partial charge on any atom is 0.335 e. The summed E-state index contributed by atoms with van der Waals surface area (Å²) in [6.45, 7) is 0.884. The van der Waals surface area contributed by atoms with Crippen LogP contribution >= 0.6 is 0 Å². The van der Waals surface area contributed by atoms with Crippen LogP contribution < -0.4 is 0 Å². The van der Waals surface area contributed by atoms with Crippen LogP contribution in [0.2, 0.25) is 0 Å². The zero-order valence-electron chi connectivity index (χ0n) is 8.14. The molecule has 1 aliphatic rings. The molecule has 1 fully saturated rings. The Morgan fingerprint density at radius 1 is 1.47 bits per heavy atom. The zero-order valence-corrected chi connectivity index (χ0v) is 8.14. The summed E-state index contributed by atoms with van der Waals surface area (Å²) in [5, 5.41) is 18.1. The van der Waals surface area contributed by atoms with E-state index in [1.54, 1.807) is 12.1 Å². The van der Waals surface area contributed by atoms with Crippen LogP contribution in [0, 0.1) is 0 Å². The molecule has 0 radical (unpaired) electrons. The van der Waals surface area contributed by atoms with Crippen molar-refractivity contribution in [3.05, 3.63) is 35.4 Å². The molecule has 1 aromatic rings. The first kappa shape index (κ1) is 10.1. The van der Waals surface area contributed by atoms with E-state index in [0.29, 0.717) is 13.2 Å². The van der Waals surface area contributed by atoms with Crippen LogP contribution in [-0.4, -0.2) is 36.0 Å². The van der Waals surface area contributed by atoms with E-state index in [1.807, 2.05) is 6.07 Å². The van der Waals surface area contributed by atoms with Crippen molar-refractivity contribution in [3.8, 4) is 0 Å². The third kappa shape index (κ3) is 1.62. The molecule has 0 saturated carbocycles. The molecule has 0 spiro atoms. The largest absolute Gasteiger partial charge is 0.478 e. The van der Waals surface area contributed by atoms with Crippen LogP contribution in [0.3, 0.4) is 0 Å². The number of benzene rings is 1. The molecule has 0 atom stereocenters. The number of carboxylic acid groups (broad SMARTS) is 1. The van der Waals surface area contributed by atoms with Gasteiger partial charge in [0.2, 0.25) is 0 Å². The second kappa shape index (κ2) is 3.64. The standard InChI is InChI=1S/C11H12O4/c12-5-11(6-15-7-11)9-3-1-2-8(4-9)10(13)14/h1-4,12H,5-7H2,(H,13,14). The van der Waals surface area contributed by atoms with Crippen LogP contribution in [-0.2, 0) is 10.2 Å². The minimum Gasteiger partial charge on any atom is -0.478 e. The van der Waals surface area contributed by atoms with Crippen LogP contribution in [0.1, 0.15) is 15.9 Å². The summed E-state index contributed by atoms with van der Waals surface area (Å²) in [6.07, 6.45) is 0. The Balaban J connectivity index is 2.35. The van der Waals surface area contributed by atoms with Crippen molar-refractivity contribution in [2.75, 3.05) is 19.8 Å². The van der Waals surface area contributed by atoms with Gasteiger partial charge in [-0.1, -0.05) is 12.1 Å². The van der Waals surface area contributed by atoms with Gasteiger partial charge in [0.15, 0.2) is 0 Å². The van der Waals surface area contributed by atoms with Gasteiger partial charge in [-0.15, -0.1) is 0 Å². The van der Waals surface area contributed by atoms with E-state index >= 15 is 0 Å². The highest BCUT2D eigenvalue weighted by Crippen LogP contribution is 2.32. The Morgan fingerprint density at radius 3 is 2.67 bits per heavy atom. The average molecular weight is 208 g/mol. The number of hydrogen-bond donors (Lipinski definition) is 2. The Labute approximate surface area is 87.1 Å². The number of carboxylic acids is 1. The lowest BCUT2D eigenvalue weighted by atomic mass is 9.79. The van der Waals surface area contributed by atoms with E-state index in [-0.39, 0.29) is 12.2 Å². The molecule has 1 saturated heterocycles. The topological polar surface area (TPSA) is 66.8 Å². The third-order valence-electron chi connectivity index (χ3n) is 2.78. The molecule has 2 N–H and O–H groups in total. The zero-order chi connectivity index (χ0) is 10.9. The molecule has 1 aliphatic heterocycles. The van der Waals surface area contributed by atoms with Gasteiger partial charge in [-0.2, -0.15) is 0 Å². The van der Waals surface area contributed by atoms with Crippen LogP contribution in [0.25, 0.3) is 0 Å². The number of rotatable bonds is 3. The van der Waals surface area contributed by atoms with Gasteiger partial charge in [-0.05, 0) is 17.7 Å². The van der Waals surface area contributed by atoms with Crippen molar-refractivity contribution in [1.29, 1.82) is 0 Å².